The van der Waals surface area contributed by atoms with E-state index in [0.717, 1.165) is 19.6 Å². The van der Waals surface area contributed by atoms with E-state index in [0.29, 0.717) is 37.6 Å². The molecule has 3 aromatic carbocycles. The lowest BCUT2D eigenvalue weighted by Crippen LogP contribution is -2.33. The van der Waals surface area contributed by atoms with E-state index in [9.17, 15) is 9.59 Å². The number of benzene rings is 3. The number of imide groups is 1. The van der Waals surface area contributed by atoms with Gasteiger partial charge in [-0.1, -0.05) is 72.8 Å². The second kappa shape index (κ2) is 12.2. The second-order valence-electron chi connectivity index (χ2n) is 8.21. The molecule has 0 saturated carbocycles. The molecule has 0 fully saturated rings. The van der Waals surface area contributed by atoms with Gasteiger partial charge in [-0.25, -0.2) is 0 Å². The van der Waals surface area contributed by atoms with Gasteiger partial charge in [0.05, 0.1) is 44.1 Å². The largest absolute Gasteiger partial charge is 0.378 e. The summed E-state index contributed by atoms with van der Waals surface area (Å²) in [5.74, 6) is -0.505. The Balaban J connectivity index is 1.14. The van der Waals surface area contributed by atoms with Crippen molar-refractivity contribution in [3.8, 4) is 0 Å². The van der Waals surface area contributed by atoms with Crippen LogP contribution >= 0.6 is 0 Å². The molecule has 4 rings (SSSR count). The Kier molecular flexibility index (Phi) is 8.57. The highest BCUT2D eigenvalue weighted by atomic mass is 16.5. The minimum Gasteiger partial charge on any atom is -0.378 e. The maximum Gasteiger partial charge on any atom is 0.261 e. The molecule has 0 aromatic heterocycles. The number of hydrogen-bond acceptors (Lipinski definition) is 5. The smallest absolute Gasteiger partial charge is 0.261 e. The van der Waals surface area contributed by atoms with Crippen molar-refractivity contribution in [3.05, 3.63) is 107 Å². The quantitative estimate of drug-likeness (QED) is 0.286. The summed E-state index contributed by atoms with van der Waals surface area (Å²) in [4.78, 5) is 28.3. The number of fused-ring (bicyclic) bond motifs is 1. The Morgan fingerprint density at radius 1 is 0.588 bits per heavy atom. The van der Waals surface area contributed by atoms with Crippen LogP contribution < -0.4 is 0 Å². The van der Waals surface area contributed by atoms with Crippen molar-refractivity contribution in [3.63, 3.8) is 0 Å². The highest BCUT2D eigenvalue weighted by Gasteiger charge is 2.34. The fraction of sp³-hybridized carbons (Fsp3) is 0.286. The van der Waals surface area contributed by atoms with Crippen LogP contribution in [-0.4, -0.2) is 61.1 Å². The topological polar surface area (TPSA) is 59.1 Å². The Hall–Kier alpha value is -3.32. The van der Waals surface area contributed by atoms with Crippen LogP contribution in [0.25, 0.3) is 0 Å². The van der Waals surface area contributed by atoms with Gasteiger partial charge in [-0.2, -0.15) is 0 Å². The van der Waals surface area contributed by atoms with Gasteiger partial charge in [0.25, 0.3) is 11.8 Å². The van der Waals surface area contributed by atoms with Crippen molar-refractivity contribution in [2.45, 2.75) is 13.1 Å². The first-order chi connectivity index (χ1) is 16.7. The monoisotopic (exact) mass is 458 g/mol. The van der Waals surface area contributed by atoms with Crippen molar-refractivity contribution in [1.82, 2.24) is 9.80 Å². The summed E-state index contributed by atoms with van der Waals surface area (Å²) in [6.07, 6.45) is 0. The van der Waals surface area contributed by atoms with E-state index < -0.39 is 0 Å². The number of amides is 2. The third-order valence-corrected chi connectivity index (χ3v) is 5.76. The summed E-state index contributed by atoms with van der Waals surface area (Å²) in [6.45, 7) is 4.54. The Labute approximate surface area is 200 Å². The van der Waals surface area contributed by atoms with Gasteiger partial charge in [-0.05, 0) is 23.3 Å². The van der Waals surface area contributed by atoms with Crippen molar-refractivity contribution in [1.29, 1.82) is 0 Å². The summed E-state index contributed by atoms with van der Waals surface area (Å²) in [7, 11) is 0. The molecule has 1 heterocycles. The van der Waals surface area contributed by atoms with E-state index in [1.54, 1.807) is 24.3 Å². The van der Waals surface area contributed by atoms with Crippen LogP contribution in [0.3, 0.4) is 0 Å². The number of rotatable bonds is 13. The molecule has 1 aliphatic heterocycles. The molecule has 34 heavy (non-hydrogen) atoms. The predicted molar refractivity (Wildman–Crippen MR) is 130 cm³/mol. The minimum atomic E-state index is -0.252. The normalized spacial score (nSPS) is 13.0. The van der Waals surface area contributed by atoms with Gasteiger partial charge in [0.15, 0.2) is 0 Å². The van der Waals surface area contributed by atoms with E-state index in [1.807, 2.05) is 12.1 Å². The lowest BCUT2D eigenvalue weighted by atomic mass is 10.1. The van der Waals surface area contributed by atoms with Crippen molar-refractivity contribution in [2.24, 2.45) is 0 Å². The molecule has 1 aliphatic rings. The summed E-state index contributed by atoms with van der Waals surface area (Å²) < 4.78 is 11.4. The Morgan fingerprint density at radius 2 is 1.06 bits per heavy atom. The first-order valence-corrected chi connectivity index (χ1v) is 11.6. The van der Waals surface area contributed by atoms with Crippen LogP contribution in [0.2, 0.25) is 0 Å². The zero-order chi connectivity index (χ0) is 23.6. The molecule has 176 valence electrons. The van der Waals surface area contributed by atoms with Crippen LogP contribution in [0.1, 0.15) is 31.8 Å². The maximum absolute atomic E-state index is 12.4. The van der Waals surface area contributed by atoms with Gasteiger partial charge in [-0.3, -0.25) is 19.4 Å². The zero-order valence-corrected chi connectivity index (χ0v) is 19.3. The molecule has 6 heteroatoms. The predicted octanol–water partition coefficient (Wildman–Crippen LogP) is 4.02. The number of carbonyl (C=O) groups excluding carboxylic acids is 2. The van der Waals surface area contributed by atoms with Gasteiger partial charge in [0.2, 0.25) is 0 Å². The van der Waals surface area contributed by atoms with E-state index in [4.69, 9.17) is 9.47 Å². The average molecular weight is 459 g/mol. The third-order valence-electron chi connectivity index (χ3n) is 5.76. The lowest BCUT2D eigenvalue weighted by molar-refractivity contribution is 0.0287. The van der Waals surface area contributed by atoms with Crippen LogP contribution in [0.15, 0.2) is 84.9 Å². The molecule has 2 amide bonds. The summed E-state index contributed by atoms with van der Waals surface area (Å²) in [6, 6.07) is 27.8. The first-order valence-electron chi connectivity index (χ1n) is 11.6. The summed E-state index contributed by atoms with van der Waals surface area (Å²) in [5.41, 5.74) is 3.47. The molecule has 0 bridgehead atoms. The van der Waals surface area contributed by atoms with Crippen molar-refractivity contribution < 1.29 is 19.1 Å². The van der Waals surface area contributed by atoms with E-state index in [1.165, 1.54) is 16.0 Å². The summed E-state index contributed by atoms with van der Waals surface area (Å²) >= 11 is 0. The minimum absolute atomic E-state index is 0.244. The van der Waals surface area contributed by atoms with Crippen LogP contribution in [0, 0.1) is 0 Å². The fourth-order valence-electron chi connectivity index (χ4n) is 4.01. The molecule has 0 radical (unpaired) electrons. The Morgan fingerprint density at radius 3 is 1.59 bits per heavy atom. The first kappa shape index (κ1) is 23.8. The number of ether oxygens (including phenoxy) is 2. The zero-order valence-electron chi connectivity index (χ0n) is 19.3. The highest BCUT2D eigenvalue weighted by molar-refractivity contribution is 6.21. The molecular formula is C28H30N2O4. The molecule has 0 saturated heterocycles. The van der Waals surface area contributed by atoms with Gasteiger partial charge in [0.1, 0.15) is 0 Å². The number of hydrogen-bond donors (Lipinski definition) is 0. The van der Waals surface area contributed by atoms with Crippen molar-refractivity contribution in [2.75, 3.05) is 39.5 Å². The van der Waals surface area contributed by atoms with Crippen LogP contribution in [0.4, 0.5) is 0 Å². The van der Waals surface area contributed by atoms with Gasteiger partial charge >= 0.3 is 0 Å². The summed E-state index contributed by atoms with van der Waals surface area (Å²) in [5, 5.41) is 0. The third kappa shape index (κ3) is 6.38. The molecule has 0 aliphatic carbocycles. The van der Waals surface area contributed by atoms with Gasteiger partial charge in [0, 0.05) is 19.6 Å². The maximum atomic E-state index is 12.4. The molecule has 0 unspecified atom stereocenters. The second-order valence-corrected chi connectivity index (χ2v) is 8.21. The van der Waals surface area contributed by atoms with E-state index in [-0.39, 0.29) is 18.4 Å². The van der Waals surface area contributed by atoms with Crippen LogP contribution in [-0.2, 0) is 22.6 Å². The highest BCUT2D eigenvalue weighted by Crippen LogP contribution is 2.21. The van der Waals surface area contributed by atoms with Gasteiger partial charge < -0.3 is 9.47 Å². The average Bonchev–Trinajstić information content (AvgIpc) is 3.11. The number of nitrogens with zero attached hydrogens (tertiary/aromatic N) is 2. The lowest BCUT2D eigenvalue weighted by Gasteiger charge is -2.22. The van der Waals surface area contributed by atoms with Gasteiger partial charge in [-0.15, -0.1) is 0 Å². The fourth-order valence-corrected chi connectivity index (χ4v) is 4.01. The molecular weight excluding hydrogens is 428 g/mol. The standard InChI is InChI=1S/C28H30N2O4/c31-27-25-13-7-8-14-26(25)28(32)30(27)16-18-34-20-19-33-17-15-29(21-23-9-3-1-4-10-23)22-24-11-5-2-6-12-24/h1-14H,15-22H2. The molecule has 0 N–H and O–H groups in total. The van der Waals surface area contributed by atoms with E-state index in [2.05, 4.69) is 53.4 Å². The molecule has 0 atom stereocenters. The Bertz CT molecular complexity index is 996. The van der Waals surface area contributed by atoms with Crippen molar-refractivity contribution >= 4 is 11.8 Å². The number of carbonyl (C=O) groups is 2. The molecule has 0 spiro atoms. The molecule has 3 aromatic rings. The molecule has 6 nitrogen and oxygen atoms in total. The van der Waals surface area contributed by atoms with E-state index >= 15 is 0 Å². The van der Waals surface area contributed by atoms with Crippen LogP contribution in [0.5, 0.6) is 0 Å². The SMILES string of the molecule is O=C1c2ccccc2C(=O)N1CCOCCOCCN(Cc1ccccc1)Cc1ccccc1.